The lowest BCUT2D eigenvalue weighted by molar-refractivity contribution is -0.141. The summed E-state index contributed by atoms with van der Waals surface area (Å²) in [5, 5.41) is 40.5. The molecule has 0 aliphatic heterocycles. The molecule has 29 nitrogen and oxygen atoms in total. The number of primary amides is 1. The van der Waals surface area contributed by atoms with Crippen molar-refractivity contribution in [3.05, 3.63) is 102 Å². The lowest BCUT2D eigenvalue weighted by atomic mass is 10.0. The number of carboxylic acids is 2. The van der Waals surface area contributed by atoms with Gasteiger partial charge < -0.3 is 78.1 Å². The number of carbonyl (C=O) groups is 11. The van der Waals surface area contributed by atoms with Gasteiger partial charge in [0.15, 0.2) is 0 Å². The Labute approximate surface area is 521 Å². The standard InChI is InChI=1S/C60H83N11O18S/c1-6-8-20-41(65-55(80)45(30-36-24-26-38(27-25-36)89-90(85,86)87)68-58(83)48(33-50(74)75)71-59(84)88-60(3,4)5)52(77)64-43(23-15-16-28-61)54(79)69-46(31-37-34-63-40-22-14-13-19-39(37)40)56(81)66-42(21-9-7-2)53(78)70-47(32-49(72)73)57(82)67-44(51(62)76)29-35-17-11-10-12-18-35/h10-14,17-19,22,24-27,34,41-48,63H,6-9,15-16,20-21,23,28-33,61H2,1-5H3,(H2,62,76)(H,64,77)(H,65,80)(H,66,81)(H,67,82)(H,68,83)(H,69,79)(H,70,78)(H,71,84)(H,72,73)(H,74,75)(H,85,86,87)/t41-,42-,43+,44-,45-,46-,47-,48-/m0/s1. The fourth-order valence-electron chi connectivity index (χ4n) is 9.29. The molecule has 0 aliphatic rings. The van der Waals surface area contributed by atoms with Crippen LogP contribution in [0.15, 0.2) is 85.1 Å². The number of aromatic nitrogens is 1. The normalized spacial score (nSPS) is 14.1. The molecule has 0 radical (unpaired) electrons. The molecule has 3 aromatic carbocycles. The summed E-state index contributed by atoms with van der Waals surface area (Å²) in [4.78, 5) is 153. The SMILES string of the molecule is CCCC[C@H](NC(=O)[C@H](Cc1c[nH]c2ccccc12)NC(=O)[C@@H](CCCCN)NC(=O)[C@H](CCCC)NC(=O)[C@H](Cc1ccc(OS(=O)(=O)O)cc1)NC(=O)[C@H](CC(=O)O)NC(=O)OC(C)(C)C)C(=O)N[C@@H](CC(=O)O)C(=O)N[C@@H](Cc1ccccc1)C(N)=O. The first-order chi connectivity index (χ1) is 42.5. The van der Waals surface area contributed by atoms with E-state index < -0.39 is 149 Å². The molecule has 0 saturated carbocycles. The van der Waals surface area contributed by atoms with Gasteiger partial charge in [0.05, 0.1) is 12.8 Å². The number of hydrogen-bond acceptors (Lipinski definition) is 16. The summed E-state index contributed by atoms with van der Waals surface area (Å²) in [6.07, 6.45) is 0.0522. The molecule has 0 aliphatic carbocycles. The minimum Gasteiger partial charge on any atom is -0.481 e. The largest absolute Gasteiger partial charge is 0.481 e. The van der Waals surface area contributed by atoms with E-state index >= 15 is 0 Å². The van der Waals surface area contributed by atoms with E-state index in [2.05, 4.69) is 51.7 Å². The number of benzene rings is 3. The molecule has 16 N–H and O–H groups in total. The molecule has 0 unspecified atom stereocenters. The second kappa shape index (κ2) is 35.7. The van der Waals surface area contributed by atoms with Crippen molar-refractivity contribution in [2.45, 2.75) is 178 Å². The van der Waals surface area contributed by atoms with Crippen LogP contribution in [0.4, 0.5) is 4.79 Å². The van der Waals surface area contributed by atoms with E-state index in [1.165, 1.54) is 32.9 Å². The number of hydrogen-bond donors (Lipinski definition) is 14. The number of rotatable bonds is 38. The molecule has 1 heterocycles. The number of aliphatic carboxylic acids is 2. The van der Waals surface area contributed by atoms with Crippen molar-refractivity contribution in [1.82, 2.24) is 47.5 Å². The van der Waals surface area contributed by atoms with E-state index in [0.717, 1.165) is 12.1 Å². The first kappa shape index (κ1) is 73.3. The van der Waals surface area contributed by atoms with Crippen molar-refractivity contribution in [2.75, 3.05) is 6.54 Å². The van der Waals surface area contributed by atoms with E-state index in [4.69, 9.17) is 16.2 Å². The van der Waals surface area contributed by atoms with Crippen molar-refractivity contribution in [3.63, 3.8) is 0 Å². The van der Waals surface area contributed by atoms with Gasteiger partial charge in [-0.15, -0.1) is 0 Å². The molecule has 8 atom stereocenters. The molecule has 492 valence electrons. The topological polar surface area (TPSA) is 465 Å². The molecular weight excluding hydrogens is 1190 g/mol. The molecule has 0 fully saturated rings. The number of fused-ring (bicyclic) bond motifs is 1. The lowest BCUT2D eigenvalue weighted by Gasteiger charge is -2.28. The van der Waals surface area contributed by atoms with Gasteiger partial charge in [0.2, 0.25) is 47.3 Å². The lowest BCUT2D eigenvalue weighted by Crippen LogP contribution is -2.61. The molecule has 0 saturated heterocycles. The number of nitrogens with one attached hydrogen (secondary N) is 9. The highest BCUT2D eigenvalue weighted by Crippen LogP contribution is 2.21. The second-order valence-corrected chi connectivity index (χ2v) is 23.4. The first-order valence-electron chi connectivity index (χ1n) is 29.4. The van der Waals surface area contributed by atoms with Crippen LogP contribution in [0, 0.1) is 0 Å². The zero-order chi connectivity index (χ0) is 66.7. The van der Waals surface area contributed by atoms with E-state index in [-0.39, 0.29) is 56.4 Å². The minimum atomic E-state index is -4.94. The van der Waals surface area contributed by atoms with E-state index in [1.54, 1.807) is 67.7 Å². The predicted molar refractivity (Wildman–Crippen MR) is 327 cm³/mol. The molecule has 90 heavy (non-hydrogen) atoms. The Morgan fingerprint density at radius 2 is 0.933 bits per heavy atom. The maximum Gasteiger partial charge on any atom is 0.446 e. The zero-order valence-electron chi connectivity index (χ0n) is 50.8. The molecule has 4 aromatic rings. The first-order valence-corrected chi connectivity index (χ1v) is 30.8. The average molecular weight is 1280 g/mol. The minimum absolute atomic E-state index is 0.0293. The molecular formula is C60H83N11O18S. The molecule has 9 amide bonds. The third kappa shape index (κ3) is 25.9. The Kier molecular flexibility index (Phi) is 29.1. The number of H-pyrrole nitrogens is 1. The summed E-state index contributed by atoms with van der Waals surface area (Å²) >= 11 is 0. The van der Waals surface area contributed by atoms with Gasteiger partial charge in [0.1, 0.15) is 59.7 Å². The smallest absolute Gasteiger partial charge is 0.446 e. The maximum absolute atomic E-state index is 14.8. The number of carbonyl (C=O) groups excluding carboxylic acids is 9. The Balaban J connectivity index is 1.68. The van der Waals surface area contributed by atoms with Crippen LogP contribution in [-0.4, -0.2) is 154 Å². The maximum atomic E-state index is 14.8. The van der Waals surface area contributed by atoms with Crippen LogP contribution in [-0.2, 0) is 82.3 Å². The molecule has 0 bridgehead atoms. The van der Waals surface area contributed by atoms with Gasteiger partial charge in [-0.1, -0.05) is 100 Å². The fraction of sp³-hybridized carbons (Fsp3) is 0.483. The Hall–Kier alpha value is -9.16. The van der Waals surface area contributed by atoms with Crippen molar-refractivity contribution in [3.8, 4) is 5.75 Å². The highest BCUT2D eigenvalue weighted by atomic mass is 32.3. The number of carboxylic acid groups (broad SMARTS) is 2. The van der Waals surface area contributed by atoms with Gasteiger partial charge in [-0.3, -0.25) is 52.5 Å². The Bertz CT molecular complexity index is 3230. The van der Waals surface area contributed by atoms with Crippen LogP contribution < -0.4 is 58.2 Å². The van der Waals surface area contributed by atoms with Crippen molar-refractivity contribution in [1.29, 1.82) is 0 Å². The van der Waals surface area contributed by atoms with Crippen molar-refractivity contribution >= 4 is 86.6 Å². The van der Waals surface area contributed by atoms with Crippen molar-refractivity contribution < 1.29 is 84.8 Å². The van der Waals surface area contributed by atoms with Crippen LogP contribution in [0.3, 0.4) is 0 Å². The van der Waals surface area contributed by atoms with E-state index in [0.29, 0.717) is 54.1 Å². The number of nitrogens with two attached hydrogens (primary N) is 2. The third-order valence-corrected chi connectivity index (χ3v) is 14.2. The summed E-state index contributed by atoms with van der Waals surface area (Å²) in [5.41, 5.74) is 12.5. The number of amides is 9. The molecule has 0 spiro atoms. The highest BCUT2D eigenvalue weighted by Gasteiger charge is 2.36. The quantitative estimate of drug-likeness (QED) is 0.0224. The van der Waals surface area contributed by atoms with Gasteiger partial charge in [0.25, 0.3) is 0 Å². The number of alkyl carbamates (subject to hydrolysis) is 1. The fourth-order valence-corrected chi connectivity index (χ4v) is 9.64. The van der Waals surface area contributed by atoms with E-state index in [9.17, 15) is 75.9 Å². The summed E-state index contributed by atoms with van der Waals surface area (Å²) in [6.45, 7) is 8.37. The third-order valence-electron chi connectivity index (χ3n) is 13.8. The second-order valence-electron chi connectivity index (χ2n) is 22.4. The van der Waals surface area contributed by atoms with Crippen LogP contribution in [0.25, 0.3) is 10.9 Å². The van der Waals surface area contributed by atoms with Gasteiger partial charge in [-0.05, 0) is 94.3 Å². The molecule has 4 rings (SSSR count). The number of aromatic amines is 1. The van der Waals surface area contributed by atoms with Crippen LogP contribution in [0.2, 0.25) is 0 Å². The Morgan fingerprint density at radius 3 is 1.41 bits per heavy atom. The number of ether oxygens (including phenoxy) is 1. The monoisotopic (exact) mass is 1280 g/mol. The van der Waals surface area contributed by atoms with Gasteiger partial charge in [0, 0.05) is 36.4 Å². The van der Waals surface area contributed by atoms with Crippen LogP contribution in [0.5, 0.6) is 5.75 Å². The van der Waals surface area contributed by atoms with E-state index in [1.807, 2.05) is 6.92 Å². The summed E-state index contributed by atoms with van der Waals surface area (Å²) < 4.78 is 41.7. The van der Waals surface area contributed by atoms with Crippen LogP contribution in [0.1, 0.15) is 122 Å². The number of unbranched alkanes of at least 4 members (excludes halogenated alkanes) is 3. The summed E-state index contributed by atoms with van der Waals surface area (Å²) in [7, 11) is -4.94. The molecule has 1 aromatic heterocycles. The predicted octanol–water partition coefficient (Wildman–Crippen LogP) is 1.61. The van der Waals surface area contributed by atoms with Crippen molar-refractivity contribution in [2.24, 2.45) is 11.5 Å². The van der Waals surface area contributed by atoms with Crippen LogP contribution >= 0.6 is 0 Å². The average Bonchev–Trinajstić information content (AvgIpc) is 1.79. The summed E-state index contributed by atoms with van der Waals surface area (Å²) in [6, 6.07) is 8.10. The number of para-hydroxylation sites is 1. The molecule has 30 heteroatoms. The zero-order valence-corrected chi connectivity index (χ0v) is 51.7. The van der Waals surface area contributed by atoms with Gasteiger partial charge in [-0.2, -0.15) is 8.42 Å². The van der Waals surface area contributed by atoms with Gasteiger partial charge in [-0.25, -0.2) is 4.79 Å². The van der Waals surface area contributed by atoms with Gasteiger partial charge >= 0.3 is 28.4 Å². The summed E-state index contributed by atoms with van der Waals surface area (Å²) in [5.74, 6) is -11.1. The Morgan fingerprint density at radius 1 is 0.522 bits per heavy atom. The highest BCUT2D eigenvalue weighted by molar-refractivity contribution is 7.81.